The number of likely N-dealkylation sites (N-methyl/N-ethyl adjacent to an activating group) is 1. The molecule has 0 N–H and O–H groups in total. The molecule has 0 aliphatic rings. The van der Waals surface area contributed by atoms with Crippen LogP contribution in [0.5, 0.6) is 0 Å². The van der Waals surface area contributed by atoms with Crippen molar-refractivity contribution in [3.05, 3.63) is 34.9 Å². The molecule has 0 aliphatic carbocycles. The van der Waals surface area contributed by atoms with Gasteiger partial charge in [0.2, 0.25) is 0 Å². The third kappa shape index (κ3) is 3.59. The molecule has 0 saturated carbocycles. The molecular formula is C14H16BrClN2O. The third-order valence-corrected chi connectivity index (χ3v) is 3.73. The van der Waals surface area contributed by atoms with Gasteiger partial charge in [0.15, 0.2) is 0 Å². The number of alkyl halides is 1. The minimum Gasteiger partial charge on any atom is -0.378 e. The molecule has 102 valence electrons. The van der Waals surface area contributed by atoms with Crippen molar-refractivity contribution in [3.63, 3.8) is 0 Å². The van der Waals surface area contributed by atoms with Crippen molar-refractivity contribution in [2.75, 3.05) is 37.6 Å². The van der Waals surface area contributed by atoms with Gasteiger partial charge < -0.3 is 9.64 Å². The van der Waals surface area contributed by atoms with Crippen molar-refractivity contribution in [2.24, 2.45) is 0 Å². The molecule has 0 atom stereocenters. The fraction of sp³-hybridized carbons (Fsp3) is 0.357. The molecule has 0 spiro atoms. The van der Waals surface area contributed by atoms with E-state index in [1.54, 1.807) is 0 Å². The summed E-state index contributed by atoms with van der Waals surface area (Å²) in [6.45, 7) is 2.02. The standard InChI is InChI=1S/C14H16BrClN2O/c1-18(8-10-19-9-6-16)14-12-3-2-4-13(15)11(12)5-7-17-14/h2-5,7H,6,8-10H2,1H3. The second-order valence-electron chi connectivity index (χ2n) is 4.19. The number of halogens is 2. The average molecular weight is 344 g/mol. The number of pyridine rings is 1. The summed E-state index contributed by atoms with van der Waals surface area (Å²) in [6.07, 6.45) is 1.83. The Morgan fingerprint density at radius 2 is 2.11 bits per heavy atom. The highest BCUT2D eigenvalue weighted by Gasteiger charge is 2.08. The van der Waals surface area contributed by atoms with Crippen molar-refractivity contribution >= 4 is 44.1 Å². The summed E-state index contributed by atoms with van der Waals surface area (Å²) in [5.41, 5.74) is 0. The topological polar surface area (TPSA) is 25.4 Å². The van der Waals surface area contributed by atoms with Gasteiger partial charge in [0, 0.05) is 40.9 Å². The number of hydrogen-bond donors (Lipinski definition) is 0. The summed E-state index contributed by atoms with van der Waals surface area (Å²) >= 11 is 9.14. The van der Waals surface area contributed by atoms with Gasteiger partial charge in [0.1, 0.15) is 5.82 Å². The maximum absolute atomic E-state index is 5.57. The molecule has 0 radical (unpaired) electrons. The highest BCUT2D eigenvalue weighted by Crippen LogP contribution is 2.28. The summed E-state index contributed by atoms with van der Waals surface area (Å²) in [5, 5.41) is 2.30. The van der Waals surface area contributed by atoms with Gasteiger partial charge in [0.05, 0.1) is 13.2 Å². The van der Waals surface area contributed by atoms with Crippen LogP contribution in [-0.2, 0) is 4.74 Å². The van der Waals surface area contributed by atoms with E-state index in [-0.39, 0.29) is 0 Å². The van der Waals surface area contributed by atoms with E-state index < -0.39 is 0 Å². The summed E-state index contributed by atoms with van der Waals surface area (Å²) in [5.74, 6) is 1.50. The fourth-order valence-electron chi connectivity index (χ4n) is 1.92. The SMILES string of the molecule is CN(CCOCCCl)c1nccc2c(Br)cccc12. The van der Waals surface area contributed by atoms with Gasteiger partial charge in [-0.25, -0.2) is 4.98 Å². The Labute approximate surface area is 126 Å². The minimum absolute atomic E-state index is 0.531. The van der Waals surface area contributed by atoms with Crippen LogP contribution in [0.25, 0.3) is 10.8 Å². The molecule has 1 heterocycles. The Balaban J connectivity index is 2.17. The van der Waals surface area contributed by atoms with E-state index in [0.29, 0.717) is 19.1 Å². The van der Waals surface area contributed by atoms with Gasteiger partial charge in [-0.05, 0) is 12.1 Å². The zero-order valence-corrected chi connectivity index (χ0v) is 13.1. The zero-order chi connectivity index (χ0) is 13.7. The van der Waals surface area contributed by atoms with Crippen molar-refractivity contribution in [1.29, 1.82) is 0 Å². The molecule has 1 aromatic carbocycles. The molecular weight excluding hydrogens is 328 g/mol. The average Bonchev–Trinajstić information content (AvgIpc) is 2.43. The number of hydrogen-bond acceptors (Lipinski definition) is 3. The maximum atomic E-state index is 5.57. The molecule has 2 aromatic rings. The van der Waals surface area contributed by atoms with Crippen LogP contribution in [0.15, 0.2) is 34.9 Å². The Bertz CT molecular complexity index is 550. The van der Waals surface area contributed by atoms with Crippen LogP contribution in [0.2, 0.25) is 0 Å². The van der Waals surface area contributed by atoms with Gasteiger partial charge >= 0.3 is 0 Å². The van der Waals surface area contributed by atoms with Crippen LogP contribution in [0.4, 0.5) is 5.82 Å². The number of rotatable bonds is 6. The quantitative estimate of drug-likeness (QED) is 0.591. The smallest absolute Gasteiger partial charge is 0.136 e. The normalized spacial score (nSPS) is 10.9. The Kier molecular flexibility index (Phi) is 5.43. The van der Waals surface area contributed by atoms with Gasteiger partial charge in [-0.2, -0.15) is 0 Å². The lowest BCUT2D eigenvalue weighted by Gasteiger charge is -2.20. The molecule has 0 fully saturated rings. The first kappa shape index (κ1) is 14.6. The maximum Gasteiger partial charge on any atom is 0.136 e. The van der Waals surface area contributed by atoms with E-state index in [1.807, 2.05) is 31.4 Å². The van der Waals surface area contributed by atoms with Gasteiger partial charge in [-0.1, -0.05) is 28.1 Å². The number of nitrogens with zero attached hydrogens (tertiary/aromatic N) is 2. The Morgan fingerprint density at radius 1 is 1.26 bits per heavy atom. The van der Waals surface area contributed by atoms with Crippen LogP contribution >= 0.6 is 27.5 Å². The van der Waals surface area contributed by atoms with Crippen LogP contribution in [-0.4, -0.2) is 37.7 Å². The second-order valence-corrected chi connectivity index (χ2v) is 5.42. The summed E-state index contributed by atoms with van der Waals surface area (Å²) < 4.78 is 6.48. The number of anilines is 1. The Hall–Kier alpha value is -0.840. The van der Waals surface area contributed by atoms with Gasteiger partial charge in [-0.3, -0.25) is 0 Å². The molecule has 0 bridgehead atoms. The summed E-state index contributed by atoms with van der Waals surface area (Å²) in [4.78, 5) is 6.57. The summed E-state index contributed by atoms with van der Waals surface area (Å²) in [7, 11) is 2.02. The van der Waals surface area contributed by atoms with E-state index in [0.717, 1.165) is 22.2 Å². The fourth-order valence-corrected chi connectivity index (χ4v) is 2.53. The van der Waals surface area contributed by atoms with Crippen molar-refractivity contribution in [1.82, 2.24) is 4.98 Å². The molecule has 0 aliphatic heterocycles. The van der Waals surface area contributed by atoms with Gasteiger partial charge in [0.25, 0.3) is 0 Å². The van der Waals surface area contributed by atoms with Crippen LogP contribution < -0.4 is 4.90 Å². The lowest BCUT2D eigenvalue weighted by atomic mass is 10.1. The first-order chi connectivity index (χ1) is 9.24. The van der Waals surface area contributed by atoms with Gasteiger partial charge in [-0.15, -0.1) is 11.6 Å². The van der Waals surface area contributed by atoms with E-state index in [9.17, 15) is 0 Å². The zero-order valence-electron chi connectivity index (χ0n) is 10.8. The number of aromatic nitrogens is 1. The molecule has 2 rings (SSSR count). The van der Waals surface area contributed by atoms with E-state index >= 15 is 0 Å². The molecule has 0 amide bonds. The first-order valence-electron chi connectivity index (χ1n) is 6.12. The third-order valence-electron chi connectivity index (χ3n) is 2.89. The number of fused-ring (bicyclic) bond motifs is 1. The first-order valence-corrected chi connectivity index (χ1v) is 7.45. The summed E-state index contributed by atoms with van der Waals surface area (Å²) in [6, 6.07) is 8.16. The molecule has 19 heavy (non-hydrogen) atoms. The van der Waals surface area contributed by atoms with Crippen molar-refractivity contribution < 1.29 is 4.74 Å². The Morgan fingerprint density at radius 3 is 2.89 bits per heavy atom. The monoisotopic (exact) mass is 342 g/mol. The molecule has 3 nitrogen and oxygen atoms in total. The molecule has 5 heteroatoms. The predicted molar refractivity (Wildman–Crippen MR) is 84.3 cm³/mol. The number of ether oxygens (including phenoxy) is 1. The van der Waals surface area contributed by atoms with E-state index in [1.165, 1.54) is 5.39 Å². The molecule has 0 unspecified atom stereocenters. The minimum atomic E-state index is 0.531. The molecule has 1 aromatic heterocycles. The van der Waals surface area contributed by atoms with Crippen molar-refractivity contribution in [3.8, 4) is 0 Å². The van der Waals surface area contributed by atoms with E-state index in [4.69, 9.17) is 16.3 Å². The largest absolute Gasteiger partial charge is 0.378 e. The lowest BCUT2D eigenvalue weighted by molar-refractivity contribution is 0.156. The number of benzene rings is 1. The van der Waals surface area contributed by atoms with Crippen molar-refractivity contribution in [2.45, 2.75) is 0 Å². The lowest BCUT2D eigenvalue weighted by Crippen LogP contribution is -2.24. The van der Waals surface area contributed by atoms with Crippen LogP contribution in [0.1, 0.15) is 0 Å². The van der Waals surface area contributed by atoms with Crippen LogP contribution in [0.3, 0.4) is 0 Å². The molecule has 0 saturated heterocycles. The van der Waals surface area contributed by atoms with Crippen LogP contribution in [0, 0.1) is 0 Å². The van der Waals surface area contributed by atoms with E-state index in [2.05, 4.69) is 31.9 Å². The highest BCUT2D eigenvalue weighted by atomic mass is 79.9. The second kappa shape index (κ2) is 7.08. The predicted octanol–water partition coefficient (Wildman–Crippen LogP) is 3.69. The highest BCUT2D eigenvalue weighted by molar-refractivity contribution is 9.10.